The summed E-state index contributed by atoms with van der Waals surface area (Å²) in [7, 11) is 0. The highest BCUT2D eigenvalue weighted by molar-refractivity contribution is 4.97. The molecule has 0 heteroatoms. The van der Waals surface area contributed by atoms with Crippen molar-refractivity contribution in [2.45, 2.75) is 84.1 Å². The van der Waals surface area contributed by atoms with Crippen LogP contribution in [0.1, 0.15) is 84.1 Å². The van der Waals surface area contributed by atoms with E-state index in [2.05, 4.69) is 62.0 Å². The minimum atomic E-state index is 0. The molecule has 0 saturated carbocycles. The zero-order chi connectivity index (χ0) is 11.9. The average Bonchev–Trinajstić information content (AvgIpc) is 1.80. The Balaban J connectivity index is -0.0000000533. The smallest absolute Gasteiger partial charge is 0.0263 e. The van der Waals surface area contributed by atoms with Crippen molar-refractivity contribution < 1.29 is 0 Å². The Morgan fingerprint density at radius 3 is 1.18 bits per heavy atom. The molecule has 0 aromatic carbocycles. The van der Waals surface area contributed by atoms with Crippen molar-refractivity contribution >= 4 is 0 Å². The third kappa shape index (κ3) is 49.6. The second kappa shape index (κ2) is 13.8. The first-order chi connectivity index (χ1) is 6.04. The molecule has 0 spiro atoms. The van der Waals surface area contributed by atoms with Gasteiger partial charge in [-0.1, -0.05) is 89.8 Å². The lowest BCUT2D eigenvalue weighted by Gasteiger charge is -2.10. The first-order valence-electron chi connectivity index (χ1n) is 5.71. The minimum Gasteiger partial charge on any atom is -0.0996 e. The summed E-state index contributed by atoms with van der Waals surface area (Å²) >= 11 is 0. The first-order valence-corrected chi connectivity index (χ1v) is 5.71. The lowest BCUT2D eigenvalue weighted by molar-refractivity contribution is 0.469. The van der Waals surface area contributed by atoms with Gasteiger partial charge in [0, 0.05) is 0 Å². The van der Waals surface area contributed by atoms with Gasteiger partial charge in [-0.15, -0.1) is 0 Å². The predicted octanol–water partition coefficient (Wildman–Crippen LogP) is 7.21. The third-order valence-corrected chi connectivity index (χ3v) is 1.49. The van der Waals surface area contributed by atoms with Crippen LogP contribution >= 0.6 is 0 Å². The molecule has 0 rings (SSSR count). The predicted molar refractivity (Wildman–Crippen MR) is 88.8 cm³/mol. The van der Waals surface area contributed by atoms with Crippen LogP contribution in [0.5, 0.6) is 0 Å². The van der Waals surface area contributed by atoms with Crippen LogP contribution in [0.15, 0.2) is 12.2 Å². The van der Waals surface area contributed by atoms with Crippen LogP contribution in [0.2, 0.25) is 0 Å². The Morgan fingerprint density at radius 1 is 0.882 bits per heavy atom. The molecule has 0 aromatic rings. The van der Waals surface area contributed by atoms with E-state index in [1.807, 2.05) is 0 Å². The molecule has 0 aliphatic carbocycles. The lowest BCUT2D eigenvalue weighted by Crippen LogP contribution is -1.96. The number of hydrogen-bond acceptors (Lipinski definition) is 0. The van der Waals surface area contributed by atoms with Gasteiger partial charge in [-0.2, -0.15) is 0 Å². The number of rotatable bonds is 3. The highest BCUT2D eigenvalue weighted by Crippen LogP contribution is 2.16. The van der Waals surface area contributed by atoms with Gasteiger partial charge in [-0.3, -0.25) is 0 Å². The van der Waals surface area contributed by atoms with E-state index in [1.165, 1.54) is 12.0 Å². The van der Waals surface area contributed by atoms with Gasteiger partial charge in [0.1, 0.15) is 0 Å². The molecule has 0 atom stereocenters. The fraction of sp³-hybridized carbons (Fsp3) is 0.882. The van der Waals surface area contributed by atoms with E-state index in [1.54, 1.807) is 0 Å². The van der Waals surface area contributed by atoms with Gasteiger partial charge in [-0.25, -0.2) is 0 Å². The molecular weight excluding hydrogens is 204 g/mol. The van der Waals surface area contributed by atoms with Gasteiger partial charge < -0.3 is 0 Å². The summed E-state index contributed by atoms with van der Waals surface area (Å²) in [5.74, 6) is 1.42. The molecule has 0 amide bonds. The van der Waals surface area contributed by atoms with Crippen LogP contribution in [0.3, 0.4) is 0 Å². The molecule has 0 aliphatic heterocycles. The largest absolute Gasteiger partial charge is 0.0996 e. The molecular formula is C17H42. The Morgan fingerprint density at radius 2 is 1.12 bits per heavy atom. The Bertz CT molecular complexity index is 138. The molecule has 110 valence electrons. The molecule has 0 saturated heterocycles. The van der Waals surface area contributed by atoms with Crippen molar-refractivity contribution in [1.29, 1.82) is 0 Å². The van der Waals surface area contributed by atoms with Gasteiger partial charge in [0.15, 0.2) is 0 Å². The van der Waals surface area contributed by atoms with Gasteiger partial charge in [0.05, 0.1) is 0 Å². The van der Waals surface area contributed by atoms with Crippen LogP contribution < -0.4 is 0 Å². The van der Waals surface area contributed by atoms with Crippen LogP contribution in [0.4, 0.5) is 0 Å². The van der Waals surface area contributed by atoms with Crippen LogP contribution in [0, 0.1) is 17.3 Å². The third-order valence-electron chi connectivity index (χ3n) is 1.49. The summed E-state index contributed by atoms with van der Waals surface area (Å²) in [6.07, 6.45) is 1.18. The quantitative estimate of drug-likeness (QED) is 0.462. The van der Waals surface area contributed by atoms with Crippen molar-refractivity contribution in [1.82, 2.24) is 0 Å². The maximum Gasteiger partial charge on any atom is -0.0263 e. The Hall–Kier alpha value is -0.260. The Labute approximate surface area is 114 Å². The van der Waals surface area contributed by atoms with E-state index in [4.69, 9.17) is 0 Å². The molecule has 0 aromatic heterocycles. The summed E-state index contributed by atoms with van der Waals surface area (Å²) in [6.45, 7) is 21.6. The number of hydrogen-bond donors (Lipinski definition) is 0. The van der Waals surface area contributed by atoms with Crippen LogP contribution in [-0.4, -0.2) is 0 Å². The zero-order valence-electron chi connectivity index (χ0n) is 11.6. The van der Waals surface area contributed by atoms with Crippen molar-refractivity contribution in [3.63, 3.8) is 0 Å². The average molecular weight is 247 g/mol. The summed E-state index contributed by atoms with van der Waals surface area (Å²) in [6, 6.07) is 0. The second-order valence-corrected chi connectivity index (χ2v) is 6.41. The van der Waals surface area contributed by atoms with Gasteiger partial charge >= 0.3 is 0 Å². The molecule has 17 heavy (non-hydrogen) atoms. The summed E-state index contributed by atoms with van der Waals surface area (Å²) in [5, 5.41) is 0. The maximum atomic E-state index is 3.99. The molecule has 0 bridgehead atoms. The fourth-order valence-corrected chi connectivity index (χ4v) is 0.760. The molecule has 0 N–H and O–H groups in total. The summed E-state index contributed by atoms with van der Waals surface area (Å²) < 4.78 is 0. The lowest BCUT2D eigenvalue weighted by atomic mass is 9.96. The molecule has 0 nitrogen and oxygen atoms in total. The first kappa shape index (κ1) is 30.1. The molecule has 0 radical (unpaired) electrons. The van der Waals surface area contributed by atoms with Gasteiger partial charge in [-0.05, 0) is 23.7 Å². The van der Waals surface area contributed by atoms with Gasteiger partial charge in [0.25, 0.3) is 0 Å². The van der Waals surface area contributed by atoms with E-state index in [0.29, 0.717) is 11.3 Å². The highest BCUT2D eigenvalue weighted by Gasteiger charge is 2.01. The van der Waals surface area contributed by atoms with E-state index in [9.17, 15) is 0 Å². The van der Waals surface area contributed by atoms with Crippen molar-refractivity contribution in [3.05, 3.63) is 12.2 Å². The number of allylic oxidation sites excluding steroid dienone is 1. The topological polar surface area (TPSA) is 0 Å². The zero-order valence-corrected chi connectivity index (χ0v) is 11.6. The van der Waals surface area contributed by atoms with Crippen molar-refractivity contribution in [3.8, 4) is 0 Å². The Kier molecular flexibility index (Phi) is 24.4. The maximum absolute atomic E-state index is 3.99. The fourth-order valence-electron chi connectivity index (χ4n) is 0.760. The molecule has 0 fully saturated rings. The monoisotopic (exact) mass is 246 g/mol. The summed E-state index contributed by atoms with van der Waals surface area (Å²) in [4.78, 5) is 0. The highest BCUT2D eigenvalue weighted by atomic mass is 14.1. The summed E-state index contributed by atoms with van der Waals surface area (Å²) in [5.41, 5.74) is 1.88. The van der Waals surface area contributed by atoms with Crippen LogP contribution in [-0.2, 0) is 0 Å². The molecule has 0 aliphatic rings. The minimum absolute atomic E-state index is 0. The standard InChI is InChI=1S/C9H18.C5H12.3CH4/c1-7(2)6-9(5)8(3)4;1-5(2,3)4;;;/h7-8H,5-6H2,1-4H3;1-4H3;3*1H4. The van der Waals surface area contributed by atoms with E-state index in [-0.39, 0.29) is 22.3 Å². The van der Waals surface area contributed by atoms with E-state index >= 15 is 0 Å². The second-order valence-electron chi connectivity index (χ2n) is 6.41. The van der Waals surface area contributed by atoms with E-state index in [0.717, 1.165) is 5.92 Å². The SMILES string of the molecule is C.C.C.C=C(CC(C)C)C(C)C.CC(C)(C)C. The van der Waals surface area contributed by atoms with Crippen molar-refractivity contribution in [2.24, 2.45) is 17.3 Å². The van der Waals surface area contributed by atoms with Crippen molar-refractivity contribution in [2.75, 3.05) is 0 Å². The molecule has 0 heterocycles. The molecule has 0 unspecified atom stereocenters. The van der Waals surface area contributed by atoms with Crippen LogP contribution in [0.25, 0.3) is 0 Å². The van der Waals surface area contributed by atoms with Gasteiger partial charge in [0.2, 0.25) is 0 Å². The normalized spacial score (nSPS) is 9.29. The van der Waals surface area contributed by atoms with E-state index < -0.39 is 0 Å².